The quantitative estimate of drug-likeness (QED) is 0.732. The van der Waals surface area contributed by atoms with Gasteiger partial charge < -0.3 is 10.6 Å². The molecule has 4 heteroatoms. The zero-order chi connectivity index (χ0) is 11.6. The Morgan fingerprint density at radius 2 is 2.07 bits per heavy atom. The smallest absolute Gasteiger partial charge is 0.239 e. The van der Waals surface area contributed by atoms with Crippen molar-refractivity contribution in [3.8, 4) is 0 Å². The molecule has 1 rings (SSSR count). The summed E-state index contributed by atoms with van der Waals surface area (Å²) in [5.74, 6) is 0.194. The van der Waals surface area contributed by atoms with Gasteiger partial charge in [-0.2, -0.15) is 0 Å². The van der Waals surface area contributed by atoms with Crippen LogP contribution in [0.3, 0.4) is 0 Å². The van der Waals surface area contributed by atoms with Crippen molar-refractivity contribution in [2.45, 2.75) is 45.3 Å². The molecule has 0 bridgehead atoms. The first-order valence-corrected chi connectivity index (χ1v) is 5.69. The van der Waals surface area contributed by atoms with Crippen molar-refractivity contribution in [3.05, 3.63) is 0 Å². The number of rotatable bonds is 3. The number of likely N-dealkylation sites (tertiary alicyclic amines) is 1. The fourth-order valence-electron chi connectivity index (χ4n) is 1.87. The summed E-state index contributed by atoms with van der Waals surface area (Å²) in [6.07, 6.45) is 1.00. The summed E-state index contributed by atoms with van der Waals surface area (Å²) in [4.78, 5) is 16.0. The molecule has 4 nitrogen and oxygen atoms in total. The van der Waals surface area contributed by atoms with Crippen molar-refractivity contribution >= 4 is 5.91 Å². The lowest BCUT2D eigenvalue weighted by Crippen LogP contribution is -2.47. The summed E-state index contributed by atoms with van der Waals surface area (Å²) >= 11 is 0. The van der Waals surface area contributed by atoms with Crippen molar-refractivity contribution < 1.29 is 4.79 Å². The first-order chi connectivity index (χ1) is 6.93. The number of carbonyl (C=O) groups excluding carboxylic acids is 1. The fourth-order valence-corrected chi connectivity index (χ4v) is 1.87. The Morgan fingerprint density at radius 3 is 2.47 bits per heavy atom. The molecule has 0 aromatic carbocycles. The molecule has 2 N–H and O–H groups in total. The topological polar surface area (TPSA) is 49.6 Å². The molecule has 1 unspecified atom stereocenters. The van der Waals surface area contributed by atoms with Gasteiger partial charge in [0.15, 0.2) is 0 Å². The van der Waals surface area contributed by atoms with Gasteiger partial charge in [-0.05, 0) is 27.2 Å². The molecule has 2 atom stereocenters. The van der Waals surface area contributed by atoms with Gasteiger partial charge in [-0.15, -0.1) is 0 Å². The van der Waals surface area contributed by atoms with Crippen molar-refractivity contribution in [1.29, 1.82) is 0 Å². The van der Waals surface area contributed by atoms with Gasteiger partial charge in [-0.1, -0.05) is 0 Å². The summed E-state index contributed by atoms with van der Waals surface area (Å²) in [6, 6.07) is 0.465. The predicted molar refractivity (Wildman–Crippen MR) is 61.5 cm³/mol. The van der Waals surface area contributed by atoms with Gasteiger partial charge in [0.1, 0.15) is 0 Å². The number of hydrogen-bond acceptors (Lipinski definition) is 3. The minimum Gasteiger partial charge on any atom is -0.342 e. The highest BCUT2D eigenvalue weighted by atomic mass is 16.2. The third-order valence-corrected chi connectivity index (χ3v) is 3.28. The van der Waals surface area contributed by atoms with Crippen LogP contribution >= 0.6 is 0 Å². The van der Waals surface area contributed by atoms with Crippen molar-refractivity contribution in [2.24, 2.45) is 5.73 Å². The molecule has 1 aliphatic rings. The van der Waals surface area contributed by atoms with E-state index in [2.05, 4.69) is 4.90 Å². The molecule has 1 saturated heterocycles. The number of carbonyl (C=O) groups is 1. The Hall–Kier alpha value is -0.610. The fraction of sp³-hybridized carbons (Fsp3) is 0.909. The lowest BCUT2D eigenvalue weighted by Gasteiger charge is -2.30. The van der Waals surface area contributed by atoms with E-state index < -0.39 is 0 Å². The molecule has 1 fully saturated rings. The maximum absolute atomic E-state index is 12.0. The van der Waals surface area contributed by atoms with E-state index in [1.54, 1.807) is 4.90 Å². The lowest BCUT2D eigenvalue weighted by molar-refractivity contribution is -0.136. The number of amides is 1. The normalized spacial score (nSPS) is 24.5. The van der Waals surface area contributed by atoms with Gasteiger partial charge in [-0.25, -0.2) is 0 Å². The van der Waals surface area contributed by atoms with Crippen LogP contribution in [0, 0.1) is 0 Å². The minimum absolute atomic E-state index is 0.0362. The van der Waals surface area contributed by atoms with Crippen LogP contribution in [0.5, 0.6) is 0 Å². The molecule has 0 aromatic rings. The molecular weight excluding hydrogens is 190 g/mol. The summed E-state index contributed by atoms with van der Waals surface area (Å²) in [6.45, 7) is 7.82. The van der Waals surface area contributed by atoms with Gasteiger partial charge in [-0.3, -0.25) is 9.69 Å². The highest BCUT2D eigenvalue weighted by Gasteiger charge is 2.29. The Balaban J connectivity index is 2.53. The van der Waals surface area contributed by atoms with E-state index >= 15 is 0 Å². The third-order valence-electron chi connectivity index (χ3n) is 3.28. The van der Waals surface area contributed by atoms with Crippen LogP contribution < -0.4 is 5.73 Å². The summed E-state index contributed by atoms with van der Waals surface area (Å²) < 4.78 is 0. The van der Waals surface area contributed by atoms with Gasteiger partial charge >= 0.3 is 0 Å². The lowest BCUT2D eigenvalue weighted by atomic mass is 10.2. The zero-order valence-corrected chi connectivity index (χ0v) is 10.2. The van der Waals surface area contributed by atoms with Crippen LogP contribution in [-0.2, 0) is 4.79 Å². The molecule has 0 saturated carbocycles. The molecule has 1 aliphatic heterocycles. The molecule has 1 heterocycles. The second-order valence-corrected chi connectivity index (χ2v) is 4.76. The van der Waals surface area contributed by atoms with Crippen LogP contribution in [0.15, 0.2) is 0 Å². The SMILES string of the molecule is CC(C(=O)N(C)C(C)C)N1CC[C@H](N)C1. The number of nitrogens with zero attached hydrogens (tertiary/aromatic N) is 2. The van der Waals surface area contributed by atoms with Crippen molar-refractivity contribution in [2.75, 3.05) is 20.1 Å². The Morgan fingerprint density at radius 1 is 1.47 bits per heavy atom. The molecule has 0 radical (unpaired) electrons. The summed E-state index contributed by atoms with van der Waals surface area (Å²) in [7, 11) is 1.86. The van der Waals surface area contributed by atoms with Crippen molar-refractivity contribution in [1.82, 2.24) is 9.80 Å². The zero-order valence-electron chi connectivity index (χ0n) is 10.2. The number of nitrogens with two attached hydrogens (primary N) is 1. The van der Waals surface area contributed by atoms with Gasteiger partial charge in [0, 0.05) is 32.2 Å². The van der Waals surface area contributed by atoms with Gasteiger partial charge in [0.2, 0.25) is 5.91 Å². The monoisotopic (exact) mass is 213 g/mol. The molecule has 0 spiro atoms. The van der Waals surface area contributed by atoms with E-state index in [1.807, 2.05) is 27.8 Å². The highest BCUT2D eigenvalue weighted by molar-refractivity contribution is 5.81. The Bertz CT molecular complexity index is 230. The van der Waals surface area contributed by atoms with Crippen LogP contribution in [0.4, 0.5) is 0 Å². The molecule has 0 aromatic heterocycles. The van der Waals surface area contributed by atoms with Crippen LogP contribution in [0.25, 0.3) is 0 Å². The molecule has 0 aliphatic carbocycles. The van der Waals surface area contributed by atoms with Crippen LogP contribution in [0.1, 0.15) is 27.2 Å². The number of likely N-dealkylation sites (N-methyl/N-ethyl adjacent to an activating group) is 1. The minimum atomic E-state index is -0.0362. The standard InChI is InChI=1S/C11H23N3O/c1-8(2)13(4)11(15)9(3)14-6-5-10(12)7-14/h8-10H,5-7,12H2,1-4H3/t9?,10-/m0/s1. The van der Waals surface area contributed by atoms with Crippen molar-refractivity contribution in [3.63, 3.8) is 0 Å². The average Bonchev–Trinajstić information content (AvgIpc) is 2.61. The van der Waals surface area contributed by atoms with E-state index in [9.17, 15) is 4.79 Å². The number of hydrogen-bond donors (Lipinski definition) is 1. The summed E-state index contributed by atoms with van der Waals surface area (Å²) in [5.41, 5.74) is 5.83. The van der Waals surface area contributed by atoms with E-state index in [-0.39, 0.29) is 24.0 Å². The maximum Gasteiger partial charge on any atom is 0.239 e. The molecular formula is C11H23N3O. The summed E-state index contributed by atoms with van der Waals surface area (Å²) in [5, 5.41) is 0. The second-order valence-electron chi connectivity index (χ2n) is 4.76. The second kappa shape index (κ2) is 4.94. The van der Waals surface area contributed by atoms with E-state index in [1.165, 1.54) is 0 Å². The van der Waals surface area contributed by atoms with Crippen LogP contribution in [-0.4, -0.2) is 54.0 Å². The molecule has 88 valence electrons. The largest absolute Gasteiger partial charge is 0.342 e. The Kier molecular flexibility index (Phi) is 4.11. The molecule has 15 heavy (non-hydrogen) atoms. The highest BCUT2D eigenvalue weighted by Crippen LogP contribution is 2.13. The van der Waals surface area contributed by atoms with Crippen LogP contribution in [0.2, 0.25) is 0 Å². The Labute approximate surface area is 92.4 Å². The first kappa shape index (κ1) is 12.5. The van der Waals surface area contributed by atoms with E-state index in [4.69, 9.17) is 5.73 Å². The third kappa shape index (κ3) is 2.92. The predicted octanol–water partition coefficient (Wildman–Crippen LogP) is 0.275. The van der Waals surface area contributed by atoms with E-state index in [0.29, 0.717) is 0 Å². The average molecular weight is 213 g/mol. The maximum atomic E-state index is 12.0. The van der Waals surface area contributed by atoms with E-state index in [0.717, 1.165) is 19.5 Å². The van der Waals surface area contributed by atoms with Gasteiger partial charge in [0.05, 0.1) is 6.04 Å². The van der Waals surface area contributed by atoms with Gasteiger partial charge in [0.25, 0.3) is 0 Å². The molecule has 1 amide bonds. The first-order valence-electron chi connectivity index (χ1n) is 5.69.